The van der Waals surface area contributed by atoms with Gasteiger partial charge in [0, 0.05) is 27.1 Å². The molecule has 0 amide bonds. The van der Waals surface area contributed by atoms with Crippen molar-refractivity contribution in [3.63, 3.8) is 0 Å². The van der Waals surface area contributed by atoms with Crippen molar-refractivity contribution in [3.8, 4) is 39.5 Å². The Balaban J connectivity index is 1.21. The maximum Gasteiger partial charge on any atom is 0.236 e. The number of hydrogen-bond donors (Lipinski definition) is 0. The maximum atomic E-state index is 6.61. The highest BCUT2D eigenvalue weighted by atomic mass is 16.3. The van der Waals surface area contributed by atoms with Gasteiger partial charge in [0.15, 0.2) is 5.58 Å². The van der Waals surface area contributed by atoms with Gasteiger partial charge in [0.2, 0.25) is 5.95 Å². The Morgan fingerprint density at radius 3 is 1.96 bits per heavy atom. The van der Waals surface area contributed by atoms with E-state index in [2.05, 4.69) is 162 Å². The lowest BCUT2D eigenvalue weighted by atomic mass is 9.91. The number of fused-ring (bicyclic) bond motifs is 9. The zero-order valence-electron chi connectivity index (χ0n) is 28.0. The monoisotopic (exact) mass is 663 g/mol. The van der Waals surface area contributed by atoms with Crippen LogP contribution in [0.25, 0.3) is 105 Å². The largest absolute Gasteiger partial charge is 0.452 e. The van der Waals surface area contributed by atoms with Crippen LogP contribution in [0.3, 0.4) is 0 Å². The molecule has 0 bridgehead atoms. The van der Waals surface area contributed by atoms with E-state index in [9.17, 15) is 0 Å². The lowest BCUT2D eigenvalue weighted by Gasteiger charge is -2.14. The zero-order valence-corrected chi connectivity index (χ0v) is 28.0. The minimum Gasteiger partial charge on any atom is -0.452 e. The van der Waals surface area contributed by atoms with E-state index in [0.717, 1.165) is 55.1 Å². The zero-order chi connectivity index (χ0) is 34.2. The van der Waals surface area contributed by atoms with Gasteiger partial charge in [0.05, 0.1) is 11.0 Å². The summed E-state index contributed by atoms with van der Waals surface area (Å²) in [5, 5.41) is 8.05. The Morgan fingerprint density at radius 2 is 1.10 bits per heavy atom. The first-order valence-electron chi connectivity index (χ1n) is 17.6. The van der Waals surface area contributed by atoms with E-state index in [4.69, 9.17) is 14.4 Å². The summed E-state index contributed by atoms with van der Waals surface area (Å²) in [5.74, 6) is 0.610. The SMILES string of the molecule is c1ccc(-c2cccc3cccc(-c4cccc(-c5nc(-n6c7ccccc7c7ccc8ccccc8c76)nc6c5oc5ccccc56)c4)c23)cc1. The molecule has 0 radical (unpaired) electrons. The fourth-order valence-corrected chi connectivity index (χ4v) is 8.09. The molecular weight excluding hydrogens is 635 g/mol. The van der Waals surface area contributed by atoms with Crippen LogP contribution >= 0.6 is 0 Å². The fraction of sp³-hybridized carbons (Fsp3) is 0. The van der Waals surface area contributed by atoms with Crippen molar-refractivity contribution in [2.24, 2.45) is 0 Å². The Labute approximate surface area is 298 Å². The minimum absolute atomic E-state index is 0.610. The summed E-state index contributed by atoms with van der Waals surface area (Å²) in [6, 6.07) is 62.1. The summed E-state index contributed by atoms with van der Waals surface area (Å²) in [4.78, 5) is 10.8. The number of rotatable bonds is 4. The molecule has 0 saturated carbocycles. The predicted molar refractivity (Wildman–Crippen MR) is 215 cm³/mol. The molecule has 242 valence electrons. The Morgan fingerprint density at radius 1 is 0.442 bits per heavy atom. The van der Waals surface area contributed by atoms with Crippen molar-refractivity contribution in [2.45, 2.75) is 0 Å². The molecule has 0 spiro atoms. The Bertz CT molecular complexity index is 3180. The summed E-state index contributed by atoms with van der Waals surface area (Å²) in [5.41, 5.74) is 10.8. The smallest absolute Gasteiger partial charge is 0.236 e. The number of nitrogens with zero attached hydrogens (tertiary/aromatic N) is 3. The second-order valence-corrected chi connectivity index (χ2v) is 13.3. The van der Waals surface area contributed by atoms with Gasteiger partial charge in [-0.2, -0.15) is 0 Å². The number of hydrogen-bond acceptors (Lipinski definition) is 3. The second-order valence-electron chi connectivity index (χ2n) is 13.3. The van der Waals surface area contributed by atoms with E-state index < -0.39 is 0 Å². The van der Waals surface area contributed by atoms with E-state index in [1.165, 1.54) is 38.2 Å². The van der Waals surface area contributed by atoms with Gasteiger partial charge in [-0.1, -0.05) is 152 Å². The van der Waals surface area contributed by atoms with Crippen LogP contribution in [0.15, 0.2) is 180 Å². The Hall–Kier alpha value is -7.04. The van der Waals surface area contributed by atoms with E-state index in [1.54, 1.807) is 0 Å². The average Bonchev–Trinajstić information content (AvgIpc) is 3.76. The van der Waals surface area contributed by atoms with Crippen molar-refractivity contribution in [1.29, 1.82) is 0 Å². The molecule has 11 aromatic rings. The number of benzene rings is 8. The maximum absolute atomic E-state index is 6.61. The molecule has 8 aromatic carbocycles. The van der Waals surface area contributed by atoms with Crippen LogP contribution in [-0.4, -0.2) is 14.5 Å². The highest BCUT2D eigenvalue weighted by Crippen LogP contribution is 2.41. The molecule has 0 N–H and O–H groups in total. The third-order valence-electron chi connectivity index (χ3n) is 10.4. The standard InChI is InChI=1S/C48H29N3O/c1-2-13-30(14-3-1)35-23-11-16-32-17-12-24-36(43(32)35)33-18-10-19-34(29-33)44-47-45(40-22-7-9-26-42(40)52-47)50-48(49-44)51-41-25-8-6-21-38(41)39-28-27-31-15-4-5-20-37(31)46(39)51/h1-29H. The minimum atomic E-state index is 0.610. The van der Waals surface area contributed by atoms with Crippen LogP contribution in [-0.2, 0) is 0 Å². The molecule has 0 atom stereocenters. The molecule has 0 aliphatic carbocycles. The van der Waals surface area contributed by atoms with E-state index in [-0.39, 0.29) is 0 Å². The van der Waals surface area contributed by atoms with Crippen LogP contribution in [0, 0.1) is 0 Å². The summed E-state index contributed by atoms with van der Waals surface area (Å²) in [6.45, 7) is 0. The molecule has 4 nitrogen and oxygen atoms in total. The van der Waals surface area contributed by atoms with Gasteiger partial charge in [-0.15, -0.1) is 0 Å². The first kappa shape index (κ1) is 28.8. The number of para-hydroxylation sites is 2. The van der Waals surface area contributed by atoms with Crippen molar-refractivity contribution in [2.75, 3.05) is 0 Å². The normalized spacial score (nSPS) is 11.8. The topological polar surface area (TPSA) is 43.9 Å². The molecule has 4 heteroatoms. The van der Waals surface area contributed by atoms with Crippen molar-refractivity contribution < 1.29 is 4.42 Å². The molecule has 0 saturated heterocycles. The molecule has 3 aromatic heterocycles. The summed E-state index contributed by atoms with van der Waals surface area (Å²) in [7, 11) is 0. The third kappa shape index (κ3) is 4.28. The third-order valence-corrected chi connectivity index (χ3v) is 10.4. The van der Waals surface area contributed by atoms with Gasteiger partial charge in [0.25, 0.3) is 0 Å². The van der Waals surface area contributed by atoms with Crippen LogP contribution in [0.2, 0.25) is 0 Å². The van der Waals surface area contributed by atoms with Gasteiger partial charge < -0.3 is 4.42 Å². The number of aromatic nitrogens is 3. The molecule has 11 rings (SSSR count). The molecule has 3 heterocycles. The van der Waals surface area contributed by atoms with Gasteiger partial charge >= 0.3 is 0 Å². The second kappa shape index (κ2) is 11.2. The summed E-state index contributed by atoms with van der Waals surface area (Å²) < 4.78 is 8.85. The molecule has 0 unspecified atom stereocenters. The van der Waals surface area contributed by atoms with Crippen LogP contribution in [0.1, 0.15) is 0 Å². The van der Waals surface area contributed by atoms with Gasteiger partial charge in [-0.05, 0) is 62.7 Å². The average molecular weight is 664 g/mol. The lowest BCUT2D eigenvalue weighted by Crippen LogP contribution is -2.03. The summed E-state index contributed by atoms with van der Waals surface area (Å²) in [6.07, 6.45) is 0. The van der Waals surface area contributed by atoms with Gasteiger partial charge in [-0.3, -0.25) is 4.57 Å². The van der Waals surface area contributed by atoms with E-state index in [1.807, 2.05) is 18.2 Å². The van der Waals surface area contributed by atoms with Gasteiger partial charge in [0.1, 0.15) is 16.8 Å². The molecular formula is C48H29N3O. The lowest BCUT2D eigenvalue weighted by molar-refractivity contribution is 0.666. The summed E-state index contributed by atoms with van der Waals surface area (Å²) >= 11 is 0. The molecule has 0 aliphatic rings. The van der Waals surface area contributed by atoms with E-state index in [0.29, 0.717) is 11.5 Å². The Kier molecular flexibility index (Phi) is 6.22. The predicted octanol–water partition coefficient (Wildman–Crippen LogP) is 12.8. The van der Waals surface area contributed by atoms with Crippen LogP contribution in [0.5, 0.6) is 0 Å². The highest BCUT2D eigenvalue weighted by molar-refractivity contribution is 6.18. The first-order chi connectivity index (χ1) is 25.8. The fourth-order valence-electron chi connectivity index (χ4n) is 8.09. The quantitative estimate of drug-likeness (QED) is 0.188. The molecule has 52 heavy (non-hydrogen) atoms. The van der Waals surface area contributed by atoms with Crippen molar-refractivity contribution >= 4 is 65.4 Å². The molecule has 0 fully saturated rings. The van der Waals surface area contributed by atoms with Crippen LogP contribution < -0.4 is 0 Å². The molecule has 0 aliphatic heterocycles. The van der Waals surface area contributed by atoms with Gasteiger partial charge in [-0.25, -0.2) is 9.97 Å². The number of furan rings is 1. The first-order valence-corrected chi connectivity index (χ1v) is 17.6. The van der Waals surface area contributed by atoms with Crippen LogP contribution in [0.4, 0.5) is 0 Å². The van der Waals surface area contributed by atoms with Crippen molar-refractivity contribution in [3.05, 3.63) is 176 Å². The van der Waals surface area contributed by atoms with E-state index >= 15 is 0 Å². The van der Waals surface area contributed by atoms with Crippen molar-refractivity contribution in [1.82, 2.24) is 14.5 Å². The highest BCUT2D eigenvalue weighted by Gasteiger charge is 2.22.